The lowest BCUT2D eigenvalue weighted by Crippen LogP contribution is -2.28. The number of hydrogen-bond donors (Lipinski definition) is 2. The number of nitrogens with one attached hydrogen (secondary N) is 2. The van der Waals surface area contributed by atoms with Crippen molar-refractivity contribution in [1.29, 1.82) is 0 Å². The zero-order valence-corrected chi connectivity index (χ0v) is 15.0. The average Bonchev–Trinajstić information content (AvgIpc) is 3.21. The maximum Gasteiger partial charge on any atom is 0.258 e. The Morgan fingerprint density at radius 1 is 1.07 bits per heavy atom. The molecule has 3 rings (SSSR count). The van der Waals surface area contributed by atoms with Gasteiger partial charge in [-0.2, -0.15) is 0 Å². The van der Waals surface area contributed by atoms with E-state index in [4.69, 9.17) is 4.74 Å². The predicted molar refractivity (Wildman–Crippen MR) is 101 cm³/mol. The molecule has 1 aliphatic rings. The molecular formula is C21H23FN2O3. The van der Waals surface area contributed by atoms with E-state index in [0.717, 1.165) is 36.9 Å². The molecule has 1 saturated carbocycles. The molecule has 1 aliphatic carbocycles. The van der Waals surface area contributed by atoms with Crippen LogP contribution in [0.5, 0.6) is 5.75 Å². The van der Waals surface area contributed by atoms with E-state index in [-0.39, 0.29) is 30.1 Å². The van der Waals surface area contributed by atoms with E-state index in [1.807, 2.05) is 24.3 Å². The lowest BCUT2D eigenvalue weighted by molar-refractivity contribution is -0.123. The van der Waals surface area contributed by atoms with Crippen molar-refractivity contribution in [1.82, 2.24) is 5.32 Å². The molecule has 0 unspecified atom stereocenters. The number of halogens is 1. The van der Waals surface area contributed by atoms with Crippen molar-refractivity contribution >= 4 is 17.5 Å². The molecule has 6 heteroatoms. The van der Waals surface area contributed by atoms with Gasteiger partial charge in [0.25, 0.3) is 5.91 Å². The SMILES string of the molecule is O=C(COc1ccccc1F)NCc1cccc(NC(=O)C2CCCC2)c1. The highest BCUT2D eigenvalue weighted by molar-refractivity contribution is 5.92. The van der Waals surface area contributed by atoms with Gasteiger partial charge < -0.3 is 15.4 Å². The molecule has 1 fully saturated rings. The highest BCUT2D eigenvalue weighted by atomic mass is 19.1. The zero-order chi connectivity index (χ0) is 19.1. The molecule has 0 bridgehead atoms. The van der Waals surface area contributed by atoms with Crippen LogP contribution in [0.2, 0.25) is 0 Å². The molecule has 2 aromatic carbocycles. The number of carbonyl (C=O) groups is 2. The predicted octanol–water partition coefficient (Wildman–Crippen LogP) is 3.65. The molecule has 0 atom stereocenters. The number of ether oxygens (including phenoxy) is 1. The van der Waals surface area contributed by atoms with E-state index in [1.165, 1.54) is 12.1 Å². The number of hydrogen-bond acceptors (Lipinski definition) is 3. The summed E-state index contributed by atoms with van der Waals surface area (Å²) < 4.78 is 18.6. The second kappa shape index (κ2) is 9.16. The second-order valence-corrected chi connectivity index (χ2v) is 6.67. The lowest BCUT2D eigenvalue weighted by Gasteiger charge is -2.12. The third-order valence-corrected chi connectivity index (χ3v) is 4.61. The topological polar surface area (TPSA) is 67.4 Å². The van der Waals surface area contributed by atoms with Gasteiger partial charge in [-0.3, -0.25) is 9.59 Å². The minimum Gasteiger partial charge on any atom is -0.481 e. The van der Waals surface area contributed by atoms with Gasteiger partial charge in [0, 0.05) is 18.2 Å². The first-order chi connectivity index (χ1) is 13.1. The monoisotopic (exact) mass is 370 g/mol. The Morgan fingerprint density at radius 3 is 2.63 bits per heavy atom. The molecule has 27 heavy (non-hydrogen) atoms. The number of benzene rings is 2. The molecule has 0 saturated heterocycles. The van der Waals surface area contributed by atoms with Crippen LogP contribution in [0.25, 0.3) is 0 Å². The fraction of sp³-hybridized carbons (Fsp3) is 0.333. The molecule has 2 aromatic rings. The minimum atomic E-state index is -0.504. The molecular weight excluding hydrogens is 347 g/mol. The van der Waals surface area contributed by atoms with E-state index >= 15 is 0 Å². The van der Waals surface area contributed by atoms with Gasteiger partial charge >= 0.3 is 0 Å². The van der Waals surface area contributed by atoms with Crippen LogP contribution < -0.4 is 15.4 Å². The number of amides is 2. The van der Waals surface area contributed by atoms with Crippen LogP contribution >= 0.6 is 0 Å². The third kappa shape index (κ3) is 5.54. The summed E-state index contributed by atoms with van der Waals surface area (Å²) in [5.74, 6) is -0.644. The molecule has 2 N–H and O–H groups in total. The van der Waals surface area contributed by atoms with Gasteiger partial charge in [-0.1, -0.05) is 37.1 Å². The van der Waals surface area contributed by atoms with Gasteiger partial charge in [0.1, 0.15) is 0 Å². The molecule has 0 heterocycles. The summed E-state index contributed by atoms with van der Waals surface area (Å²) in [5.41, 5.74) is 1.58. The number of anilines is 1. The fourth-order valence-corrected chi connectivity index (χ4v) is 3.15. The highest BCUT2D eigenvalue weighted by Crippen LogP contribution is 2.26. The second-order valence-electron chi connectivity index (χ2n) is 6.67. The van der Waals surface area contributed by atoms with Crippen LogP contribution in [-0.2, 0) is 16.1 Å². The van der Waals surface area contributed by atoms with Crippen LogP contribution in [0.1, 0.15) is 31.2 Å². The highest BCUT2D eigenvalue weighted by Gasteiger charge is 2.22. The Balaban J connectivity index is 1.47. The summed E-state index contributed by atoms with van der Waals surface area (Å²) in [7, 11) is 0. The Hall–Kier alpha value is -2.89. The molecule has 5 nitrogen and oxygen atoms in total. The molecule has 0 aliphatic heterocycles. The van der Waals surface area contributed by atoms with E-state index < -0.39 is 5.82 Å². The van der Waals surface area contributed by atoms with E-state index in [0.29, 0.717) is 6.54 Å². The fourth-order valence-electron chi connectivity index (χ4n) is 3.15. The molecule has 142 valence electrons. The Morgan fingerprint density at radius 2 is 1.85 bits per heavy atom. The Kier molecular flexibility index (Phi) is 6.41. The van der Waals surface area contributed by atoms with E-state index in [1.54, 1.807) is 12.1 Å². The van der Waals surface area contributed by atoms with Crippen LogP contribution in [0.15, 0.2) is 48.5 Å². The van der Waals surface area contributed by atoms with Crippen molar-refractivity contribution < 1.29 is 18.7 Å². The van der Waals surface area contributed by atoms with Gasteiger partial charge in [0.2, 0.25) is 5.91 Å². The maximum absolute atomic E-state index is 13.5. The molecule has 0 aromatic heterocycles. The van der Waals surface area contributed by atoms with Gasteiger partial charge in [0.05, 0.1) is 0 Å². The zero-order valence-electron chi connectivity index (χ0n) is 15.0. The summed E-state index contributed by atoms with van der Waals surface area (Å²) in [6.45, 7) is 0.0334. The third-order valence-electron chi connectivity index (χ3n) is 4.61. The van der Waals surface area contributed by atoms with Crippen LogP contribution in [0.4, 0.5) is 10.1 Å². The molecule has 0 radical (unpaired) electrons. The number of carbonyl (C=O) groups excluding carboxylic acids is 2. The van der Waals surface area contributed by atoms with Crippen LogP contribution in [0, 0.1) is 11.7 Å². The quantitative estimate of drug-likeness (QED) is 0.782. The summed E-state index contributed by atoms with van der Waals surface area (Å²) in [5, 5.41) is 5.67. The number of para-hydroxylation sites is 1. The van der Waals surface area contributed by atoms with Crippen molar-refractivity contribution in [3.05, 3.63) is 59.9 Å². The summed E-state index contributed by atoms with van der Waals surface area (Å²) >= 11 is 0. The van der Waals surface area contributed by atoms with Gasteiger partial charge in [-0.05, 0) is 42.7 Å². The molecule has 2 amide bonds. The Bertz CT molecular complexity index is 804. The van der Waals surface area contributed by atoms with Crippen molar-refractivity contribution in [2.24, 2.45) is 5.92 Å². The average molecular weight is 370 g/mol. The standard InChI is InChI=1S/C21H23FN2O3/c22-18-10-3-4-11-19(18)27-14-20(25)23-13-15-6-5-9-17(12-15)24-21(26)16-7-1-2-8-16/h3-6,9-12,16H,1-2,7-8,13-14H2,(H,23,25)(H,24,26). The largest absolute Gasteiger partial charge is 0.481 e. The summed E-state index contributed by atoms with van der Waals surface area (Å²) in [6.07, 6.45) is 4.12. The van der Waals surface area contributed by atoms with Crippen molar-refractivity contribution in [3.8, 4) is 5.75 Å². The molecule has 0 spiro atoms. The van der Waals surface area contributed by atoms with Crippen molar-refractivity contribution in [3.63, 3.8) is 0 Å². The first-order valence-corrected chi connectivity index (χ1v) is 9.15. The van der Waals surface area contributed by atoms with Crippen molar-refractivity contribution in [2.45, 2.75) is 32.2 Å². The lowest BCUT2D eigenvalue weighted by atomic mass is 10.1. The normalized spacial score (nSPS) is 14.0. The minimum absolute atomic E-state index is 0.0456. The van der Waals surface area contributed by atoms with Gasteiger partial charge in [0.15, 0.2) is 18.2 Å². The van der Waals surface area contributed by atoms with E-state index in [2.05, 4.69) is 10.6 Å². The van der Waals surface area contributed by atoms with E-state index in [9.17, 15) is 14.0 Å². The van der Waals surface area contributed by atoms with Gasteiger partial charge in [-0.15, -0.1) is 0 Å². The summed E-state index contributed by atoms with van der Waals surface area (Å²) in [6, 6.07) is 13.3. The number of rotatable bonds is 7. The smallest absolute Gasteiger partial charge is 0.258 e. The summed E-state index contributed by atoms with van der Waals surface area (Å²) in [4.78, 5) is 24.1. The van der Waals surface area contributed by atoms with Crippen LogP contribution in [0.3, 0.4) is 0 Å². The first kappa shape index (κ1) is 18.9. The van der Waals surface area contributed by atoms with Gasteiger partial charge in [-0.25, -0.2) is 4.39 Å². The first-order valence-electron chi connectivity index (χ1n) is 9.15. The Labute approximate surface area is 157 Å². The van der Waals surface area contributed by atoms with Crippen LogP contribution in [-0.4, -0.2) is 18.4 Å². The maximum atomic E-state index is 13.5. The van der Waals surface area contributed by atoms with Crippen molar-refractivity contribution in [2.75, 3.05) is 11.9 Å².